The van der Waals surface area contributed by atoms with Crippen LogP contribution < -0.4 is 4.74 Å². The summed E-state index contributed by atoms with van der Waals surface area (Å²) in [5.74, 6) is 0.774. The summed E-state index contributed by atoms with van der Waals surface area (Å²) in [4.78, 5) is 0.178. The Morgan fingerprint density at radius 3 is 2.11 bits per heavy atom. The average molecular weight is 382 g/mol. The van der Waals surface area contributed by atoms with E-state index in [1.807, 2.05) is 61.5 Å². The van der Waals surface area contributed by atoms with Gasteiger partial charge in [-0.25, -0.2) is 0 Å². The van der Waals surface area contributed by atoms with E-state index in [9.17, 15) is 8.42 Å². The summed E-state index contributed by atoms with van der Waals surface area (Å²) in [5.41, 5.74) is 3.10. The van der Waals surface area contributed by atoms with Gasteiger partial charge in [-0.2, -0.15) is 8.42 Å². The van der Waals surface area contributed by atoms with Gasteiger partial charge in [0.05, 0.1) is 11.5 Å². The van der Waals surface area contributed by atoms with Gasteiger partial charge < -0.3 is 4.74 Å². The van der Waals surface area contributed by atoms with Gasteiger partial charge in [0.1, 0.15) is 12.4 Å². The lowest BCUT2D eigenvalue weighted by molar-refractivity contribution is 0.305. The van der Waals surface area contributed by atoms with E-state index in [1.165, 1.54) is 0 Å². The maximum atomic E-state index is 12.2. The molecule has 0 saturated carbocycles. The van der Waals surface area contributed by atoms with Gasteiger partial charge in [-0.1, -0.05) is 60.2 Å². The zero-order valence-electron chi connectivity index (χ0n) is 15.2. The Morgan fingerprint density at radius 1 is 0.778 bits per heavy atom. The zero-order chi connectivity index (χ0) is 19.1. The molecule has 0 unspecified atom stereocenters. The second-order valence-corrected chi connectivity index (χ2v) is 7.87. The van der Waals surface area contributed by atoms with E-state index in [0.29, 0.717) is 13.0 Å². The molecular formula is C22H22O4S. The maximum absolute atomic E-state index is 12.2. The molecule has 4 nitrogen and oxygen atoms in total. The van der Waals surface area contributed by atoms with Gasteiger partial charge in [0.25, 0.3) is 10.1 Å². The number of aryl methyl sites for hydroxylation is 1. The van der Waals surface area contributed by atoms with Crippen molar-refractivity contribution in [3.05, 3.63) is 95.6 Å². The monoisotopic (exact) mass is 382 g/mol. The molecule has 0 fully saturated rings. The summed E-state index contributed by atoms with van der Waals surface area (Å²) in [5, 5.41) is 0. The number of ether oxygens (including phenoxy) is 1. The first kappa shape index (κ1) is 19.1. The van der Waals surface area contributed by atoms with Crippen LogP contribution in [0.15, 0.2) is 83.8 Å². The molecule has 0 aliphatic rings. The van der Waals surface area contributed by atoms with Crippen molar-refractivity contribution in [2.45, 2.75) is 24.8 Å². The summed E-state index contributed by atoms with van der Waals surface area (Å²) >= 11 is 0. The van der Waals surface area contributed by atoms with Crippen LogP contribution in [-0.4, -0.2) is 15.0 Å². The summed E-state index contributed by atoms with van der Waals surface area (Å²) in [6.45, 7) is 2.52. The topological polar surface area (TPSA) is 52.6 Å². The van der Waals surface area contributed by atoms with E-state index in [2.05, 4.69) is 0 Å². The fourth-order valence-electron chi connectivity index (χ4n) is 2.54. The van der Waals surface area contributed by atoms with Crippen LogP contribution in [0.1, 0.15) is 16.7 Å². The Labute approximate surface area is 160 Å². The van der Waals surface area contributed by atoms with Gasteiger partial charge in [-0.3, -0.25) is 4.18 Å². The molecule has 0 radical (unpaired) electrons. The third-order valence-electron chi connectivity index (χ3n) is 4.11. The van der Waals surface area contributed by atoms with Crippen LogP contribution in [0.25, 0.3) is 0 Å². The Morgan fingerprint density at radius 2 is 1.44 bits per heavy atom. The van der Waals surface area contributed by atoms with E-state index in [0.717, 1.165) is 22.4 Å². The van der Waals surface area contributed by atoms with Gasteiger partial charge in [-0.15, -0.1) is 0 Å². The molecule has 3 aromatic rings. The molecule has 0 aliphatic heterocycles. The second-order valence-electron chi connectivity index (χ2n) is 6.26. The highest BCUT2D eigenvalue weighted by Gasteiger charge is 2.14. The summed E-state index contributed by atoms with van der Waals surface area (Å²) in [7, 11) is -3.72. The Bertz CT molecular complexity index is 947. The smallest absolute Gasteiger partial charge is 0.296 e. The largest absolute Gasteiger partial charge is 0.489 e. The van der Waals surface area contributed by atoms with E-state index >= 15 is 0 Å². The summed E-state index contributed by atoms with van der Waals surface area (Å²) in [6.07, 6.45) is 0.504. The minimum atomic E-state index is -3.72. The summed E-state index contributed by atoms with van der Waals surface area (Å²) in [6, 6.07) is 24.2. The van der Waals surface area contributed by atoms with Gasteiger partial charge in [-0.05, 0) is 48.7 Å². The van der Waals surface area contributed by atoms with Crippen LogP contribution in [0, 0.1) is 6.92 Å². The zero-order valence-corrected chi connectivity index (χ0v) is 16.0. The first-order chi connectivity index (χ1) is 13.0. The number of hydrogen-bond donors (Lipinski definition) is 0. The lowest BCUT2D eigenvalue weighted by Crippen LogP contribution is -2.09. The van der Waals surface area contributed by atoms with Gasteiger partial charge in [0, 0.05) is 0 Å². The highest BCUT2D eigenvalue weighted by atomic mass is 32.2. The molecule has 3 rings (SSSR count). The molecule has 5 heteroatoms. The Hall–Kier alpha value is -2.63. The van der Waals surface area contributed by atoms with Gasteiger partial charge in [0.15, 0.2) is 0 Å². The van der Waals surface area contributed by atoms with E-state index in [-0.39, 0.29) is 11.5 Å². The van der Waals surface area contributed by atoms with Crippen LogP contribution in [0.5, 0.6) is 5.75 Å². The van der Waals surface area contributed by atoms with Crippen LogP contribution in [0.3, 0.4) is 0 Å². The SMILES string of the molecule is Cc1ccc(S(=O)(=O)OCCc2ccc(OCc3ccccc3)cc2)cc1. The molecule has 0 aliphatic carbocycles. The Balaban J connectivity index is 1.49. The molecule has 0 amide bonds. The molecule has 27 heavy (non-hydrogen) atoms. The van der Waals surface area contributed by atoms with Crippen LogP contribution in [-0.2, 0) is 27.3 Å². The van der Waals surface area contributed by atoms with Crippen LogP contribution in [0.2, 0.25) is 0 Å². The van der Waals surface area contributed by atoms with Crippen molar-refractivity contribution in [2.75, 3.05) is 6.61 Å². The molecule has 0 saturated heterocycles. The molecule has 0 bridgehead atoms. The molecule has 140 valence electrons. The van der Waals surface area contributed by atoms with Crippen molar-refractivity contribution < 1.29 is 17.3 Å². The quantitative estimate of drug-likeness (QED) is 0.538. The second kappa shape index (κ2) is 8.84. The van der Waals surface area contributed by atoms with Crippen molar-refractivity contribution in [3.8, 4) is 5.75 Å². The normalized spacial score (nSPS) is 11.3. The summed E-state index contributed by atoms with van der Waals surface area (Å²) < 4.78 is 35.2. The van der Waals surface area contributed by atoms with Crippen molar-refractivity contribution in [2.24, 2.45) is 0 Å². The third-order valence-corrected chi connectivity index (χ3v) is 5.44. The van der Waals surface area contributed by atoms with E-state index in [4.69, 9.17) is 8.92 Å². The van der Waals surface area contributed by atoms with Gasteiger partial charge >= 0.3 is 0 Å². The molecule has 0 spiro atoms. The number of benzene rings is 3. The molecular weight excluding hydrogens is 360 g/mol. The van der Waals surface area contributed by atoms with Crippen molar-refractivity contribution >= 4 is 10.1 Å². The minimum Gasteiger partial charge on any atom is -0.489 e. The standard InChI is InChI=1S/C22H22O4S/c1-18-7-13-22(14-8-18)27(23,24)26-16-15-19-9-11-21(12-10-19)25-17-20-5-3-2-4-6-20/h2-14H,15-17H2,1H3. The van der Waals surface area contributed by atoms with E-state index in [1.54, 1.807) is 24.3 Å². The third kappa shape index (κ3) is 5.67. The highest BCUT2D eigenvalue weighted by Crippen LogP contribution is 2.16. The average Bonchev–Trinajstić information content (AvgIpc) is 2.68. The number of hydrogen-bond acceptors (Lipinski definition) is 4. The molecule has 0 N–H and O–H groups in total. The predicted octanol–water partition coefficient (Wildman–Crippen LogP) is 4.52. The molecule has 3 aromatic carbocycles. The van der Waals surface area contributed by atoms with E-state index < -0.39 is 10.1 Å². The van der Waals surface area contributed by atoms with Crippen LogP contribution in [0.4, 0.5) is 0 Å². The first-order valence-electron chi connectivity index (χ1n) is 8.75. The van der Waals surface area contributed by atoms with Crippen molar-refractivity contribution in [1.82, 2.24) is 0 Å². The Kier molecular flexibility index (Phi) is 6.27. The fourth-order valence-corrected chi connectivity index (χ4v) is 3.44. The predicted molar refractivity (Wildman–Crippen MR) is 105 cm³/mol. The van der Waals surface area contributed by atoms with Crippen LogP contribution >= 0.6 is 0 Å². The number of rotatable bonds is 8. The van der Waals surface area contributed by atoms with Crippen molar-refractivity contribution in [3.63, 3.8) is 0 Å². The lowest BCUT2D eigenvalue weighted by Gasteiger charge is -2.08. The maximum Gasteiger partial charge on any atom is 0.296 e. The highest BCUT2D eigenvalue weighted by molar-refractivity contribution is 7.86. The molecule has 0 heterocycles. The van der Waals surface area contributed by atoms with Gasteiger partial charge in [0.2, 0.25) is 0 Å². The lowest BCUT2D eigenvalue weighted by atomic mass is 10.1. The minimum absolute atomic E-state index is 0.0976. The fraction of sp³-hybridized carbons (Fsp3) is 0.182. The molecule has 0 aromatic heterocycles. The molecule has 0 atom stereocenters. The van der Waals surface area contributed by atoms with Crippen molar-refractivity contribution in [1.29, 1.82) is 0 Å². The first-order valence-corrected chi connectivity index (χ1v) is 10.2.